The van der Waals surface area contributed by atoms with Crippen LogP contribution in [-0.2, 0) is 11.2 Å². The van der Waals surface area contributed by atoms with Crippen molar-refractivity contribution in [2.45, 2.75) is 28.7 Å². The van der Waals surface area contributed by atoms with Gasteiger partial charge in [-0.2, -0.15) is 0 Å². The highest BCUT2D eigenvalue weighted by atomic mass is 32.2. The van der Waals surface area contributed by atoms with Gasteiger partial charge in [-0.05, 0) is 49.1 Å². The van der Waals surface area contributed by atoms with Crippen molar-refractivity contribution in [3.63, 3.8) is 0 Å². The number of hydrogen-bond acceptors (Lipinski definition) is 8. The molecular formula is C23H23N5O2S2. The Balaban J connectivity index is 1.63. The number of aliphatic hydroxyl groups is 1. The number of anilines is 2. The smallest absolute Gasteiger partial charge is 0.232 e. The van der Waals surface area contributed by atoms with Crippen LogP contribution in [0.15, 0.2) is 53.1 Å². The molecule has 0 aromatic carbocycles. The summed E-state index contributed by atoms with van der Waals surface area (Å²) in [5, 5.41) is 13.1. The van der Waals surface area contributed by atoms with Gasteiger partial charge in [0, 0.05) is 52.8 Å². The molecule has 164 valence electrons. The largest absolute Gasteiger partial charge is 0.611 e. The summed E-state index contributed by atoms with van der Waals surface area (Å²) in [4.78, 5) is 14.3. The summed E-state index contributed by atoms with van der Waals surface area (Å²) in [6.45, 7) is 0.484. The SMILES string of the molecule is Nc1c([S+]([O-])C2CCC2)sc2nc(-c3ccc(NCCO)nc3)cc(-c3cccnc3)c12. The summed E-state index contributed by atoms with van der Waals surface area (Å²) in [5.74, 6) is 0.690. The van der Waals surface area contributed by atoms with Gasteiger partial charge in [0.15, 0.2) is 0 Å². The van der Waals surface area contributed by atoms with Gasteiger partial charge in [-0.15, -0.1) is 0 Å². The molecule has 5 rings (SSSR count). The summed E-state index contributed by atoms with van der Waals surface area (Å²) in [6.07, 6.45) is 8.39. The summed E-state index contributed by atoms with van der Waals surface area (Å²) < 4.78 is 13.8. The lowest BCUT2D eigenvalue weighted by Gasteiger charge is -2.27. The predicted molar refractivity (Wildman–Crippen MR) is 130 cm³/mol. The third kappa shape index (κ3) is 3.93. The molecule has 4 aromatic rings. The fraction of sp³-hybridized carbons (Fsp3) is 0.261. The van der Waals surface area contributed by atoms with E-state index in [0.29, 0.717) is 18.1 Å². The number of nitrogens with one attached hydrogen (secondary N) is 1. The van der Waals surface area contributed by atoms with E-state index < -0.39 is 11.2 Å². The standard InChI is InChI=1S/C23H23N5O2S2/c24-21-20-17(14-3-2-8-25-12-14)11-18(15-6-7-19(27-13-15)26-9-10-29)28-22(20)31-23(21)32(30)16-4-1-5-16/h2-3,6-8,11-13,16,29H,1,4-5,9-10,24H2,(H,26,27). The second-order valence-electron chi connectivity index (χ2n) is 7.71. The molecule has 4 heterocycles. The number of nitrogen functional groups attached to an aromatic ring is 1. The number of hydrogen-bond donors (Lipinski definition) is 3. The Kier molecular flexibility index (Phi) is 5.97. The number of nitrogens with zero attached hydrogens (tertiary/aromatic N) is 3. The maximum absolute atomic E-state index is 13.1. The lowest BCUT2D eigenvalue weighted by molar-refractivity contribution is 0.311. The van der Waals surface area contributed by atoms with Crippen LogP contribution in [0.2, 0.25) is 0 Å². The van der Waals surface area contributed by atoms with Crippen LogP contribution in [0.4, 0.5) is 11.5 Å². The normalized spacial score (nSPS) is 14.9. The van der Waals surface area contributed by atoms with Crippen LogP contribution < -0.4 is 11.1 Å². The first-order valence-electron chi connectivity index (χ1n) is 10.5. The summed E-state index contributed by atoms with van der Waals surface area (Å²) in [7, 11) is 0. The van der Waals surface area contributed by atoms with Crippen LogP contribution in [0.25, 0.3) is 32.6 Å². The highest BCUT2D eigenvalue weighted by molar-refractivity contribution is 7.94. The van der Waals surface area contributed by atoms with Crippen LogP contribution in [-0.4, -0.2) is 43.0 Å². The monoisotopic (exact) mass is 465 g/mol. The van der Waals surface area contributed by atoms with Crippen molar-refractivity contribution in [3.05, 3.63) is 48.9 Å². The molecule has 1 aliphatic carbocycles. The number of thiophene rings is 1. The van der Waals surface area contributed by atoms with Gasteiger partial charge in [-0.3, -0.25) is 4.98 Å². The zero-order chi connectivity index (χ0) is 22.1. The van der Waals surface area contributed by atoms with Crippen molar-refractivity contribution in [3.8, 4) is 22.4 Å². The predicted octanol–water partition coefficient (Wildman–Crippen LogP) is 4.07. The van der Waals surface area contributed by atoms with Crippen molar-refractivity contribution in [1.82, 2.24) is 15.0 Å². The highest BCUT2D eigenvalue weighted by Crippen LogP contribution is 2.45. The Morgan fingerprint density at radius 3 is 2.75 bits per heavy atom. The van der Waals surface area contributed by atoms with Gasteiger partial charge in [-0.1, -0.05) is 17.4 Å². The fourth-order valence-corrected chi connectivity index (χ4v) is 6.93. The summed E-state index contributed by atoms with van der Waals surface area (Å²) >= 11 is 0.313. The number of pyridine rings is 3. The van der Waals surface area contributed by atoms with E-state index in [9.17, 15) is 4.55 Å². The fourth-order valence-electron chi connectivity index (χ4n) is 3.72. The van der Waals surface area contributed by atoms with Crippen LogP contribution in [0.5, 0.6) is 0 Å². The zero-order valence-electron chi connectivity index (χ0n) is 17.3. The van der Waals surface area contributed by atoms with Crippen molar-refractivity contribution >= 4 is 44.2 Å². The van der Waals surface area contributed by atoms with Crippen molar-refractivity contribution < 1.29 is 9.66 Å². The lowest BCUT2D eigenvalue weighted by atomic mass is 10.00. The molecule has 0 radical (unpaired) electrons. The number of nitrogens with two attached hydrogens (primary N) is 1. The van der Waals surface area contributed by atoms with Gasteiger partial charge in [0.25, 0.3) is 0 Å². The molecule has 4 N–H and O–H groups in total. The molecule has 0 spiro atoms. The molecule has 7 nitrogen and oxygen atoms in total. The molecule has 1 atom stereocenters. The molecular weight excluding hydrogens is 442 g/mol. The quantitative estimate of drug-likeness (QED) is 0.352. The Hall–Kier alpha value is -2.72. The van der Waals surface area contributed by atoms with E-state index in [2.05, 4.69) is 15.3 Å². The first kappa shape index (κ1) is 21.1. The topological polar surface area (TPSA) is 120 Å². The van der Waals surface area contributed by atoms with Gasteiger partial charge in [0.05, 0.1) is 12.3 Å². The minimum atomic E-state index is -1.11. The molecule has 1 unspecified atom stereocenters. The Morgan fingerprint density at radius 2 is 2.09 bits per heavy atom. The minimum absolute atomic E-state index is 0.0421. The molecule has 4 aromatic heterocycles. The van der Waals surface area contributed by atoms with E-state index in [-0.39, 0.29) is 11.9 Å². The summed E-state index contributed by atoms with van der Waals surface area (Å²) in [5.41, 5.74) is 10.6. The Bertz CT molecular complexity index is 1230. The lowest BCUT2D eigenvalue weighted by Crippen LogP contribution is -2.28. The number of fused-ring (bicyclic) bond motifs is 1. The highest BCUT2D eigenvalue weighted by Gasteiger charge is 2.35. The van der Waals surface area contributed by atoms with Crippen LogP contribution in [0.3, 0.4) is 0 Å². The first-order chi connectivity index (χ1) is 15.7. The first-order valence-corrected chi connectivity index (χ1v) is 12.5. The van der Waals surface area contributed by atoms with E-state index in [1.165, 1.54) is 11.3 Å². The van der Waals surface area contributed by atoms with Crippen molar-refractivity contribution in [2.75, 3.05) is 24.2 Å². The van der Waals surface area contributed by atoms with E-state index in [4.69, 9.17) is 15.8 Å². The number of aliphatic hydroxyl groups excluding tert-OH is 1. The molecule has 32 heavy (non-hydrogen) atoms. The minimum Gasteiger partial charge on any atom is -0.611 e. The van der Waals surface area contributed by atoms with Crippen molar-refractivity contribution in [2.24, 2.45) is 0 Å². The molecule has 0 bridgehead atoms. The number of rotatable bonds is 7. The van der Waals surface area contributed by atoms with Gasteiger partial charge in [0.1, 0.15) is 21.6 Å². The van der Waals surface area contributed by atoms with Crippen molar-refractivity contribution in [1.29, 1.82) is 0 Å². The van der Waals surface area contributed by atoms with Crippen LogP contribution in [0.1, 0.15) is 19.3 Å². The molecule has 9 heteroatoms. The third-order valence-electron chi connectivity index (χ3n) is 5.65. The molecule has 0 saturated heterocycles. The van der Waals surface area contributed by atoms with Gasteiger partial charge in [0.2, 0.25) is 4.21 Å². The second-order valence-corrected chi connectivity index (χ2v) is 10.6. The molecule has 0 aliphatic heterocycles. The van der Waals surface area contributed by atoms with E-state index in [1.807, 2.05) is 30.3 Å². The Labute approximate surface area is 192 Å². The number of aromatic nitrogens is 3. The average Bonchev–Trinajstić information content (AvgIpc) is 3.13. The Morgan fingerprint density at radius 1 is 1.22 bits per heavy atom. The van der Waals surface area contributed by atoms with E-state index in [1.54, 1.807) is 18.6 Å². The van der Waals surface area contributed by atoms with Crippen LogP contribution in [0, 0.1) is 0 Å². The third-order valence-corrected chi connectivity index (χ3v) is 8.95. The molecule has 1 fully saturated rings. The maximum atomic E-state index is 13.1. The average molecular weight is 466 g/mol. The maximum Gasteiger partial charge on any atom is 0.232 e. The van der Waals surface area contributed by atoms with E-state index >= 15 is 0 Å². The van der Waals surface area contributed by atoms with Gasteiger partial charge >= 0.3 is 0 Å². The second kappa shape index (κ2) is 9.03. The van der Waals surface area contributed by atoms with Gasteiger partial charge in [-0.25, -0.2) is 9.97 Å². The molecule has 1 aliphatic rings. The van der Waals surface area contributed by atoms with Gasteiger partial charge < -0.3 is 20.7 Å². The zero-order valence-corrected chi connectivity index (χ0v) is 19.0. The van der Waals surface area contributed by atoms with E-state index in [0.717, 1.165) is 56.1 Å². The summed E-state index contributed by atoms with van der Waals surface area (Å²) in [6, 6.07) is 9.68. The molecule has 0 amide bonds. The molecule has 1 saturated carbocycles. The van der Waals surface area contributed by atoms with Crippen LogP contribution >= 0.6 is 11.3 Å².